The molecule has 1 heterocycles. The van der Waals surface area contributed by atoms with Crippen LogP contribution >= 0.6 is 0 Å². The molecule has 3 rings (SSSR count). The Hall–Kier alpha value is -4.07. The third kappa shape index (κ3) is 8.21. The summed E-state index contributed by atoms with van der Waals surface area (Å²) in [6.07, 6.45) is -3.85. The highest BCUT2D eigenvalue weighted by atomic mass is 32.2. The van der Waals surface area contributed by atoms with Crippen LogP contribution in [0.4, 0.5) is 23.2 Å². The maximum absolute atomic E-state index is 14.4. The van der Waals surface area contributed by atoms with E-state index in [4.69, 9.17) is 14.2 Å². The minimum atomic E-state index is -4.73. The first kappa shape index (κ1) is 30.5. The summed E-state index contributed by atoms with van der Waals surface area (Å²) in [5.41, 5.74) is -0.488. The minimum Gasteiger partial charge on any atom is -0.497 e. The number of aromatic nitrogens is 1. The van der Waals surface area contributed by atoms with Gasteiger partial charge in [-0.25, -0.2) is 17.8 Å². The zero-order chi connectivity index (χ0) is 29.7. The molecule has 2 aromatic carbocycles. The number of ether oxygens (including phenoxy) is 3. The lowest BCUT2D eigenvalue weighted by Crippen LogP contribution is -2.28. The molecule has 0 saturated heterocycles. The Balaban J connectivity index is 1.78. The summed E-state index contributed by atoms with van der Waals surface area (Å²) in [5, 5.41) is 2.59. The fourth-order valence-corrected chi connectivity index (χ4v) is 4.12. The predicted octanol–water partition coefficient (Wildman–Crippen LogP) is 4.63. The van der Waals surface area contributed by atoms with E-state index in [-0.39, 0.29) is 35.8 Å². The zero-order valence-electron chi connectivity index (χ0n) is 21.9. The summed E-state index contributed by atoms with van der Waals surface area (Å²) in [5.74, 6) is -1.75. The van der Waals surface area contributed by atoms with Crippen LogP contribution in [0.2, 0.25) is 0 Å². The van der Waals surface area contributed by atoms with Crippen LogP contribution < -0.4 is 24.2 Å². The molecule has 0 aliphatic heterocycles. The molecule has 216 valence electrons. The van der Waals surface area contributed by atoms with Gasteiger partial charge in [0.2, 0.25) is 21.8 Å². The number of pyridine rings is 1. The Labute approximate surface area is 228 Å². The lowest BCUT2D eigenvalue weighted by Gasteiger charge is -2.17. The zero-order valence-corrected chi connectivity index (χ0v) is 22.7. The normalized spacial score (nSPS) is 12.4. The number of nitrogens with one attached hydrogen (secondary N) is 2. The summed E-state index contributed by atoms with van der Waals surface area (Å²) in [6.45, 7) is 1.08. The number of anilines is 1. The van der Waals surface area contributed by atoms with E-state index in [9.17, 15) is 30.8 Å². The number of hydrogen-bond donors (Lipinski definition) is 2. The number of benzene rings is 2. The smallest absolute Gasteiger partial charge is 0.433 e. The number of alkyl halides is 3. The Morgan fingerprint density at radius 1 is 1.02 bits per heavy atom. The Morgan fingerprint density at radius 3 is 2.23 bits per heavy atom. The topological polar surface area (TPSA) is 116 Å². The maximum Gasteiger partial charge on any atom is 0.433 e. The average molecular weight is 586 g/mol. The second-order valence-corrected chi connectivity index (χ2v) is 10.5. The van der Waals surface area contributed by atoms with Crippen LogP contribution in [0, 0.1) is 5.82 Å². The monoisotopic (exact) mass is 585 g/mol. The molecule has 1 unspecified atom stereocenters. The van der Waals surface area contributed by atoms with Gasteiger partial charge in [0.05, 0.1) is 32.1 Å². The molecule has 0 aliphatic carbocycles. The molecule has 0 spiro atoms. The lowest BCUT2D eigenvalue weighted by molar-refractivity contribution is -0.141. The molecule has 0 bridgehead atoms. The number of methoxy groups -OCH3 is 2. The van der Waals surface area contributed by atoms with Crippen LogP contribution in [-0.2, 0) is 34.1 Å². The third-order valence-electron chi connectivity index (χ3n) is 5.65. The molecule has 1 amide bonds. The van der Waals surface area contributed by atoms with Gasteiger partial charge in [-0.1, -0.05) is 6.07 Å². The first-order valence-electron chi connectivity index (χ1n) is 11.7. The maximum atomic E-state index is 14.4. The van der Waals surface area contributed by atoms with Crippen LogP contribution in [-0.4, -0.2) is 39.8 Å². The van der Waals surface area contributed by atoms with Gasteiger partial charge in [-0.15, -0.1) is 0 Å². The fraction of sp³-hybridized carbons (Fsp3) is 0.308. The molecule has 0 radical (unpaired) electrons. The number of rotatable bonds is 11. The number of amides is 1. The summed E-state index contributed by atoms with van der Waals surface area (Å²) < 4.78 is 95.1. The van der Waals surface area contributed by atoms with Crippen molar-refractivity contribution in [1.82, 2.24) is 10.3 Å². The Morgan fingerprint density at radius 2 is 1.68 bits per heavy atom. The van der Waals surface area contributed by atoms with Gasteiger partial charge in [0.1, 0.15) is 29.6 Å². The highest BCUT2D eigenvalue weighted by Crippen LogP contribution is 2.31. The molecule has 1 atom stereocenters. The molecule has 9 nitrogen and oxygen atoms in total. The SMILES string of the molecule is COc1cc(COc2nc(C(F)(F)F)ccc2CNC(=O)C(C)c2ccc(NS(C)(=O)=O)c(F)c2)cc(OC)c1. The third-order valence-corrected chi connectivity index (χ3v) is 6.24. The highest BCUT2D eigenvalue weighted by molar-refractivity contribution is 7.92. The van der Waals surface area contributed by atoms with Crippen molar-refractivity contribution in [2.45, 2.75) is 32.2 Å². The van der Waals surface area contributed by atoms with E-state index in [1.807, 2.05) is 4.72 Å². The van der Waals surface area contributed by atoms with E-state index in [1.54, 1.807) is 18.2 Å². The number of sulfonamides is 1. The highest BCUT2D eigenvalue weighted by Gasteiger charge is 2.33. The molecular weight excluding hydrogens is 558 g/mol. The number of carbonyl (C=O) groups excluding carboxylic acids is 1. The number of nitrogens with zero attached hydrogens (tertiary/aromatic N) is 1. The van der Waals surface area contributed by atoms with Gasteiger partial charge >= 0.3 is 6.18 Å². The second-order valence-electron chi connectivity index (χ2n) is 8.72. The van der Waals surface area contributed by atoms with Crippen LogP contribution in [0.3, 0.4) is 0 Å². The van der Waals surface area contributed by atoms with Crippen molar-refractivity contribution in [3.05, 3.63) is 76.7 Å². The van der Waals surface area contributed by atoms with E-state index < -0.39 is 39.5 Å². The first-order chi connectivity index (χ1) is 18.7. The molecule has 40 heavy (non-hydrogen) atoms. The van der Waals surface area contributed by atoms with Crippen LogP contribution in [0.25, 0.3) is 0 Å². The first-order valence-corrected chi connectivity index (χ1v) is 13.6. The van der Waals surface area contributed by atoms with Gasteiger partial charge in [0.15, 0.2) is 0 Å². The minimum absolute atomic E-state index is 0.169. The predicted molar refractivity (Wildman–Crippen MR) is 138 cm³/mol. The van der Waals surface area contributed by atoms with Crippen molar-refractivity contribution in [3.8, 4) is 17.4 Å². The molecular formula is C26H27F4N3O6S. The van der Waals surface area contributed by atoms with Gasteiger partial charge < -0.3 is 19.5 Å². The Bertz CT molecular complexity index is 1460. The quantitative estimate of drug-likeness (QED) is 0.316. The summed E-state index contributed by atoms with van der Waals surface area (Å²) in [6, 6.07) is 10.4. The van der Waals surface area contributed by atoms with Gasteiger partial charge in [-0.05, 0) is 54.4 Å². The fourth-order valence-electron chi connectivity index (χ4n) is 3.56. The molecule has 3 aromatic rings. The summed E-state index contributed by atoms with van der Waals surface area (Å²) >= 11 is 0. The van der Waals surface area contributed by atoms with Crippen LogP contribution in [0.15, 0.2) is 48.5 Å². The van der Waals surface area contributed by atoms with E-state index in [0.29, 0.717) is 17.1 Å². The van der Waals surface area contributed by atoms with Gasteiger partial charge in [0, 0.05) is 18.2 Å². The van der Waals surface area contributed by atoms with Gasteiger partial charge in [0.25, 0.3) is 0 Å². The standard InChI is InChI=1S/C26H27F4N3O6S/c1-15(17-5-7-22(21(27)11-17)33-40(4,35)36)24(34)31-13-18-6-8-23(26(28,29)30)32-25(18)39-14-16-9-19(37-2)12-20(10-16)38-3/h5-12,15,33H,13-14H2,1-4H3,(H,31,34). The largest absolute Gasteiger partial charge is 0.497 e. The Kier molecular flexibility index (Phi) is 9.45. The van der Waals surface area contributed by atoms with Crippen LogP contribution in [0.1, 0.15) is 35.2 Å². The molecule has 14 heteroatoms. The van der Waals surface area contributed by atoms with Crippen molar-refractivity contribution in [2.24, 2.45) is 0 Å². The molecule has 0 fully saturated rings. The van der Waals surface area contributed by atoms with Gasteiger partial charge in [-0.3, -0.25) is 9.52 Å². The number of halogens is 4. The summed E-state index contributed by atoms with van der Waals surface area (Å²) in [4.78, 5) is 16.4. The van der Waals surface area contributed by atoms with Crippen molar-refractivity contribution in [2.75, 3.05) is 25.2 Å². The molecule has 0 saturated carbocycles. The number of hydrogen-bond acceptors (Lipinski definition) is 7. The van der Waals surface area contributed by atoms with Crippen molar-refractivity contribution < 1.29 is 45.0 Å². The molecule has 0 aliphatic rings. The van der Waals surface area contributed by atoms with Crippen molar-refractivity contribution in [1.29, 1.82) is 0 Å². The number of carbonyl (C=O) groups is 1. The van der Waals surface area contributed by atoms with Crippen molar-refractivity contribution >= 4 is 21.6 Å². The van der Waals surface area contributed by atoms with E-state index in [2.05, 4.69) is 10.3 Å². The van der Waals surface area contributed by atoms with E-state index >= 15 is 0 Å². The van der Waals surface area contributed by atoms with Crippen LogP contribution in [0.5, 0.6) is 17.4 Å². The summed E-state index contributed by atoms with van der Waals surface area (Å²) in [7, 11) is -0.806. The average Bonchev–Trinajstić information content (AvgIpc) is 2.89. The molecule has 1 aromatic heterocycles. The van der Waals surface area contributed by atoms with Crippen molar-refractivity contribution in [3.63, 3.8) is 0 Å². The lowest BCUT2D eigenvalue weighted by atomic mass is 9.99. The second kappa shape index (κ2) is 12.4. The molecule has 2 N–H and O–H groups in total. The van der Waals surface area contributed by atoms with Gasteiger partial charge in [-0.2, -0.15) is 13.2 Å². The van der Waals surface area contributed by atoms with E-state index in [0.717, 1.165) is 24.5 Å². The van der Waals surface area contributed by atoms with E-state index in [1.165, 1.54) is 33.3 Å².